The van der Waals surface area contributed by atoms with Gasteiger partial charge in [-0.1, -0.05) is 0 Å². The molecule has 0 saturated heterocycles. The number of carbonyl (C=O) groups excluding carboxylic acids is 1. The zero-order valence-corrected chi connectivity index (χ0v) is 10.8. The van der Waals surface area contributed by atoms with Gasteiger partial charge in [0, 0.05) is 29.8 Å². The highest BCUT2D eigenvalue weighted by Gasteiger charge is 2.08. The van der Waals surface area contributed by atoms with Gasteiger partial charge >= 0.3 is 0 Å². The van der Waals surface area contributed by atoms with E-state index in [4.69, 9.17) is 0 Å². The summed E-state index contributed by atoms with van der Waals surface area (Å²) in [5.74, 6) is 0.167. The summed E-state index contributed by atoms with van der Waals surface area (Å²) in [6.07, 6.45) is 3.87. The van der Waals surface area contributed by atoms with Crippen LogP contribution in [0.15, 0.2) is 36.0 Å². The first kappa shape index (κ1) is 10.8. The number of hydrogen-bond acceptors (Lipinski definition) is 3. The number of aromatic nitrogens is 1. The number of hydrogen-bond donors (Lipinski definition) is 0. The van der Waals surface area contributed by atoms with Crippen LogP contribution in [0.4, 0.5) is 0 Å². The highest BCUT2D eigenvalue weighted by Crippen LogP contribution is 2.18. The van der Waals surface area contributed by atoms with Crippen molar-refractivity contribution in [3.63, 3.8) is 0 Å². The first-order chi connectivity index (χ1) is 7.25. The molecule has 0 aromatic carbocycles. The molecule has 2 heterocycles. The number of rotatable bonds is 3. The molecular formula is C11H8INOS. The van der Waals surface area contributed by atoms with Gasteiger partial charge in [-0.2, -0.15) is 0 Å². The van der Waals surface area contributed by atoms with Crippen LogP contribution in [0, 0.1) is 2.88 Å². The molecule has 0 N–H and O–H groups in total. The maximum atomic E-state index is 11.8. The van der Waals surface area contributed by atoms with Crippen molar-refractivity contribution in [1.82, 2.24) is 4.98 Å². The zero-order valence-electron chi connectivity index (χ0n) is 7.81. The average molecular weight is 329 g/mol. The molecule has 0 unspecified atom stereocenters. The molecule has 15 heavy (non-hydrogen) atoms. The van der Waals surface area contributed by atoms with E-state index in [1.165, 1.54) is 0 Å². The highest BCUT2D eigenvalue weighted by molar-refractivity contribution is 14.1. The van der Waals surface area contributed by atoms with Crippen LogP contribution >= 0.6 is 33.9 Å². The summed E-state index contributed by atoms with van der Waals surface area (Å²) in [5.41, 5.74) is 1.82. The quantitative estimate of drug-likeness (QED) is 0.640. The maximum Gasteiger partial charge on any atom is 0.168 e. The monoisotopic (exact) mass is 329 g/mol. The largest absolute Gasteiger partial charge is 0.294 e. The van der Waals surface area contributed by atoms with Crippen LogP contribution in [0.3, 0.4) is 0 Å². The number of nitrogens with zero attached hydrogens (tertiary/aromatic N) is 1. The summed E-state index contributed by atoms with van der Waals surface area (Å²) in [7, 11) is 0. The molecule has 2 rings (SSSR count). The minimum absolute atomic E-state index is 0.167. The van der Waals surface area contributed by atoms with Gasteiger partial charge in [-0.25, -0.2) is 0 Å². The second-order valence-corrected chi connectivity index (χ2v) is 5.90. The molecule has 2 nitrogen and oxygen atoms in total. The Morgan fingerprint density at radius 2 is 2.13 bits per heavy atom. The van der Waals surface area contributed by atoms with Crippen molar-refractivity contribution in [2.45, 2.75) is 6.42 Å². The fraction of sp³-hybridized carbons (Fsp3) is 0.0909. The Balaban J connectivity index is 2.11. The van der Waals surface area contributed by atoms with Crippen molar-refractivity contribution < 1.29 is 4.79 Å². The third kappa shape index (κ3) is 2.85. The number of pyridine rings is 1. The molecule has 2 aromatic rings. The molecule has 0 aliphatic rings. The smallest absolute Gasteiger partial charge is 0.168 e. The van der Waals surface area contributed by atoms with E-state index in [1.54, 1.807) is 23.7 Å². The van der Waals surface area contributed by atoms with Crippen molar-refractivity contribution in [2.75, 3.05) is 0 Å². The number of Topliss-reactive ketones (excluding diaryl/α,β-unsaturated/α-hetero) is 1. The van der Waals surface area contributed by atoms with Crippen LogP contribution in [0.5, 0.6) is 0 Å². The molecule has 0 atom stereocenters. The second-order valence-electron chi connectivity index (χ2n) is 3.09. The van der Waals surface area contributed by atoms with E-state index >= 15 is 0 Å². The van der Waals surface area contributed by atoms with Crippen LogP contribution in [0.25, 0.3) is 0 Å². The van der Waals surface area contributed by atoms with Crippen LogP contribution in [0.1, 0.15) is 15.9 Å². The Kier molecular flexibility index (Phi) is 3.48. The van der Waals surface area contributed by atoms with Crippen LogP contribution in [-0.2, 0) is 6.42 Å². The van der Waals surface area contributed by atoms with Gasteiger partial charge in [0.25, 0.3) is 0 Å². The summed E-state index contributed by atoms with van der Waals surface area (Å²) >= 11 is 3.82. The van der Waals surface area contributed by atoms with E-state index in [0.717, 1.165) is 14.0 Å². The van der Waals surface area contributed by atoms with Gasteiger partial charge in [-0.3, -0.25) is 9.78 Å². The molecule has 0 radical (unpaired) electrons. The van der Waals surface area contributed by atoms with Gasteiger partial charge < -0.3 is 0 Å². The molecule has 0 amide bonds. The molecule has 2 aromatic heterocycles. The molecule has 0 fully saturated rings. The Bertz CT molecular complexity index is 466. The van der Waals surface area contributed by atoms with Crippen molar-refractivity contribution in [3.8, 4) is 0 Å². The number of carbonyl (C=O) groups is 1. The van der Waals surface area contributed by atoms with E-state index in [2.05, 4.69) is 27.6 Å². The van der Waals surface area contributed by atoms with Gasteiger partial charge in [0.2, 0.25) is 0 Å². The topological polar surface area (TPSA) is 30.0 Å². The summed E-state index contributed by atoms with van der Waals surface area (Å²) in [5, 5.41) is 1.91. The lowest BCUT2D eigenvalue weighted by molar-refractivity contribution is 0.0993. The first-order valence-electron chi connectivity index (χ1n) is 4.42. The molecule has 0 spiro atoms. The normalized spacial score (nSPS) is 10.2. The molecule has 0 saturated carbocycles. The summed E-state index contributed by atoms with van der Waals surface area (Å²) in [6.45, 7) is 0. The van der Waals surface area contributed by atoms with E-state index in [0.29, 0.717) is 6.42 Å². The van der Waals surface area contributed by atoms with Crippen molar-refractivity contribution in [2.24, 2.45) is 0 Å². The fourth-order valence-electron chi connectivity index (χ4n) is 1.24. The first-order valence-corrected chi connectivity index (χ1v) is 6.37. The number of thiophene rings is 1. The van der Waals surface area contributed by atoms with E-state index in [-0.39, 0.29) is 5.78 Å². The zero-order chi connectivity index (χ0) is 10.7. The van der Waals surface area contributed by atoms with E-state index in [1.807, 2.05) is 23.6 Å². The maximum absolute atomic E-state index is 11.8. The lowest BCUT2D eigenvalue weighted by Gasteiger charge is -1.97. The minimum Gasteiger partial charge on any atom is -0.294 e. The van der Waals surface area contributed by atoms with Gasteiger partial charge in [0.05, 0.1) is 2.88 Å². The predicted molar refractivity (Wildman–Crippen MR) is 69.3 cm³/mol. The fourth-order valence-corrected chi connectivity index (χ4v) is 2.60. The molecule has 0 bridgehead atoms. The number of ketones is 1. The standard InChI is InChI=1S/C11H8INOS/c12-11-6-9(7-15-11)10(14)5-8-1-3-13-4-2-8/h1-4,6-7H,5H2. The van der Waals surface area contributed by atoms with E-state index in [9.17, 15) is 4.79 Å². The molecular weight excluding hydrogens is 321 g/mol. The van der Waals surface area contributed by atoms with Crippen molar-refractivity contribution in [1.29, 1.82) is 0 Å². The van der Waals surface area contributed by atoms with E-state index < -0.39 is 0 Å². The summed E-state index contributed by atoms with van der Waals surface area (Å²) < 4.78 is 1.14. The summed E-state index contributed by atoms with van der Waals surface area (Å²) in [4.78, 5) is 15.7. The Hall–Kier alpha value is -0.750. The Morgan fingerprint density at radius 1 is 1.40 bits per heavy atom. The molecule has 0 aliphatic heterocycles. The highest BCUT2D eigenvalue weighted by atomic mass is 127. The van der Waals surface area contributed by atoms with Gasteiger partial charge in [-0.05, 0) is 46.4 Å². The lowest BCUT2D eigenvalue weighted by Crippen LogP contribution is -2.01. The molecule has 0 aliphatic carbocycles. The Morgan fingerprint density at radius 3 is 2.73 bits per heavy atom. The summed E-state index contributed by atoms with van der Waals surface area (Å²) in [6, 6.07) is 5.67. The van der Waals surface area contributed by atoms with Crippen LogP contribution in [0.2, 0.25) is 0 Å². The average Bonchev–Trinajstić information content (AvgIpc) is 2.66. The predicted octanol–water partition coefficient (Wildman–Crippen LogP) is 3.17. The van der Waals surface area contributed by atoms with Gasteiger partial charge in [-0.15, -0.1) is 11.3 Å². The number of halogens is 1. The van der Waals surface area contributed by atoms with Crippen molar-refractivity contribution in [3.05, 3.63) is 50.0 Å². The molecule has 4 heteroatoms. The minimum atomic E-state index is 0.167. The third-order valence-electron chi connectivity index (χ3n) is 2.00. The lowest BCUT2D eigenvalue weighted by atomic mass is 10.1. The Labute approximate surface area is 106 Å². The van der Waals surface area contributed by atoms with Crippen LogP contribution < -0.4 is 0 Å². The second kappa shape index (κ2) is 4.85. The van der Waals surface area contributed by atoms with Gasteiger partial charge in [0.15, 0.2) is 5.78 Å². The van der Waals surface area contributed by atoms with Crippen LogP contribution in [-0.4, -0.2) is 10.8 Å². The molecule has 76 valence electrons. The SMILES string of the molecule is O=C(Cc1ccncc1)c1csc(I)c1. The third-order valence-corrected chi connectivity index (χ3v) is 3.79. The van der Waals surface area contributed by atoms with Gasteiger partial charge in [0.1, 0.15) is 0 Å². The van der Waals surface area contributed by atoms with Crippen molar-refractivity contribution >= 4 is 39.7 Å².